The Balaban J connectivity index is 2.22. The monoisotopic (exact) mass is 277 g/mol. The predicted octanol–water partition coefficient (Wildman–Crippen LogP) is 4.38. The maximum absolute atomic E-state index is 13.1. The molecule has 1 aromatic rings. The molecule has 1 heterocycles. The van der Waals surface area contributed by atoms with Gasteiger partial charge in [-0.05, 0) is 37.3 Å². The van der Waals surface area contributed by atoms with Crippen LogP contribution < -0.4 is 5.32 Å². The van der Waals surface area contributed by atoms with Crippen LogP contribution in [0.25, 0.3) is 0 Å². The third-order valence-corrected chi connectivity index (χ3v) is 4.78. The fourth-order valence-corrected chi connectivity index (χ4v) is 3.91. The first-order valence-electron chi connectivity index (χ1n) is 6.31. The van der Waals surface area contributed by atoms with Crippen LogP contribution in [0.3, 0.4) is 0 Å². The highest BCUT2D eigenvalue weighted by Gasteiger charge is 2.47. The number of thiophene rings is 1. The van der Waals surface area contributed by atoms with Crippen molar-refractivity contribution in [3.8, 4) is 0 Å². The smallest absolute Gasteiger partial charge is 0.312 e. The summed E-state index contributed by atoms with van der Waals surface area (Å²) >= 11 is 1.53. The van der Waals surface area contributed by atoms with Crippen LogP contribution in [0, 0.1) is 11.8 Å². The summed E-state index contributed by atoms with van der Waals surface area (Å²) in [6, 6.07) is 3.65. The maximum Gasteiger partial charge on any atom is 0.392 e. The quantitative estimate of drug-likeness (QED) is 0.864. The summed E-state index contributed by atoms with van der Waals surface area (Å²) in [5.74, 6) is -1.49. The summed E-state index contributed by atoms with van der Waals surface area (Å²) < 4.78 is 39.3. The summed E-state index contributed by atoms with van der Waals surface area (Å²) in [6.45, 7) is 0. The van der Waals surface area contributed by atoms with Gasteiger partial charge >= 0.3 is 6.18 Å². The Labute approximate surface area is 109 Å². The highest BCUT2D eigenvalue weighted by Crippen LogP contribution is 2.46. The van der Waals surface area contributed by atoms with Crippen molar-refractivity contribution in [3.05, 3.63) is 22.4 Å². The lowest BCUT2D eigenvalue weighted by atomic mass is 9.74. The van der Waals surface area contributed by atoms with E-state index in [1.54, 1.807) is 7.05 Å². The molecule has 102 valence electrons. The fraction of sp³-hybridized carbons (Fsp3) is 0.692. The average Bonchev–Trinajstić information content (AvgIpc) is 2.83. The van der Waals surface area contributed by atoms with Crippen LogP contribution >= 0.6 is 11.3 Å². The van der Waals surface area contributed by atoms with Gasteiger partial charge in [-0.15, -0.1) is 11.3 Å². The van der Waals surface area contributed by atoms with Gasteiger partial charge in [-0.25, -0.2) is 0 Å². The van der Waals surface area contributed by atoms with Crippen LogP contribution in [0.5, 0.6) is 0 Å². The van der Waals surface area contributed by atoms with Crippen LogP contribution in [0.1, 0.15) is 36.6 Å². The number of hydrogen-bond donors (Lipinski definition) is 1. The molecule has 0 radical (unpaired) electrons. The molecule has 0 amide bonds. The van der Waals surface area contributed by atoms with Crippen molar-refractivity contribution in [2.75, 3.05) is 7.05 Å². The molecule has 3 unspecified atom stereocenters. The van der Waals surface area contributed by atoms with Crippen molar-refractivity contribution < 1.29 is 13.2 Å². The molecular weight excluding hydrogens is 259 g/mol. The summed E-state index contributed by atoms with van der Waals surface area (Å²) in [6.07, 6.45) is -1.54. The SMILES string of the molecule is CNC(c1cccs1)C1CCCCC1C(F)(F)F. The van der Waals surface area contributed by atoms with Crippen LogP contribution in [-0.2, 0) is 0 Å². The standard InChI is InChI=1S/C13H18F3NS/c1-17-12(11-7-4-8-18-11)9-5-2-3-6-10(9)13(14,15)16/h4,7-10,12,17H,2-3,5-6H2,1H3. The zero-order valence-electron chi connectivity index (χ0n) is 10.3. The van der Waals surface area contributed by atoms with Crippen LogP contribution in [0.15, 0.2) is 17.5 Å². The van der Waals surface area contributed by atoms with Gasteiger partial charge in [-0.3, -0.25) is 0 Å². The minimum absolute atomic E-state index is 0.170. The molecule has 0 aliphatic heterocycles. The number of hydrogen-bond acceptors (Lipinski definition) is 2. The molecule has 1 N–H and O–H groups in total. The summed E-state index contributed by atoms with van der Waals surface area (Å²) in [5.41, 5.74) is 0. The van der Waals surface area contributed by atoms with Crippen molar-refractivity contribution >= 4 is 11.3 Å². The van der Waals surface area contributed by atoms with Crippen molar-refractivity contribution in [1.82, 2.24) is 5.32 Å². The minimum Gasteiger partial charge on any atom is -0.312 e. The van der Waals surface area contributed by atoms with Gasteiger partial charge in [0.25, 0.3) is 0 Å². The Morgan fingerprint density at radius 3 is 2.61 bits per heavy atom. The van der Waals surface area contributed by atoms with E-state index in [0.717, 1.165) is 11.3 Å². The molecule has 1 aliphatic rings. The van der Waals surface area contributed by atoms with Gasteiger partial charge < -0.3 is 5.32 Å². The first kappa shape index (κ1) is 13.9. The molecule has 0 bridgehead atoms. The highest BCUT2D eigenvalue weighted by molar-refractivity contribution is 7.10. The number of alkyl halides is 3. The first-order valence-corrected chi connectivity index (χ1v) is 7.19. The lowest BCUT2D eigenvalue weighted by molar-refractivity contribution is -0.199. The van der Waals surface area contributed by atoms with Gasteiger partial charge in [0.1, 0.15) is 0 Å². The maximum atomic E-state index is 13.1. The van der Waals surface area contributed by atoms with Crippen LogP contribution in [0.2, 0.25) is 0 Å². The zero-order valence-corrected chi connectivity index (χ0v) is 11.2. The molecule has 1 aromatic heterocycles. The van der Waals surface area contributed by atoms with Gasteiger partial charge in [0.15, 0.2) is 0 Å². The molecule has 0 saturated heterocycles. The van der Waals surface area contributed by atoms with Crippen molar-refractivity contribution in [3.63, 3.8) is 0 Å². The van der Waals surface area contributed by atoms with E-state index in [-0.39, 0.29) is 18.4 Å². The molecule has 1 aliphatic carbocycles. The van der Waals surface area contributed by atoms with Gasteiger partial charge in [0.2, 0.25) is 0 Å². The summed E-state index contributed by atoms with van der Waals surface area (Å²) in [5, 5.41) is 5.01. The van der Waals surface area contributed by atoms with Crippen LogP contribution in [-0.4, -0.2) is 13.2 Å². The molecule has 1 saturated carbocycles. The summed E-state index contributed by atoms with van der Waals surface area (Å²) in [7, 11) is 1.76. The normalized spacial score (nSPS) is 27.1. The Hall–Kier alpha value is -0.550. The van der Waals surface area contributed by atoms with Gasteiger partial charge in [0, 0.05) is 10.9 Å². The van der Waals surface area contributed by atoms with E-state index in [4.69, 9.17) is 0 Å². The second kappa shape index (κ2) is 5.61. The van der Waals surface area contributed by atoms with Gasteiger partial charge in [-0.1, -0.05) is 18.9 Å². The van der Waals surface area contributed by atoms with E-state index in [2.05, 4.69) is 5.32 Å². The Bertz CT molecular complexity index is 361. The first-order chi connectivity index (χ1) is 8.54. The number of halogens is 3. The van der Waals surface area contributed by atoms with E-state index in [1.807, 2.05) is 17.5 Å². The third kappa shape index (κ3) is 2.88. The molecule has 0 spiro atoms. The second-order valence-electron chi connectivity index (χ2n) is 4.88. The van der Waals surface area contributed by atoms with E-state index in [1.165, 1.54) is 11.3 Å². The molecule has 3 atom stereocenters. The molecule has 1 nitrogen and oxygen atoms in total. The van der Waals surface area contributed by atoms with Gasteiger partial charge in [0.05, 0.1) is 5.92 Å². The molecule has 5 heteroatoms. The molecule has 0 aromatic carbocycles. The van der Waals surface area contributed by atoms with Crippen molar-refractivity contribution in [2.24, 2.45) is 11.8 Å². The average molecular weight is 277 g/mol. The lowest BCUT2D eigenvalue weighted by Gasteiger charge is -2.37. The lowest BCUT2D eigenvalue weighted by Crippen LogP contribution is -2.39. The topological polar surface area (TPSA) is 12.0 Å². The molecule has 18 heavy (non-hydrogen) atoms. The minimum atomic E-state index is -4.07. The van der Waals surface area contributed by atoms with Crippen LogP contribution in [0.4, 0.5) is 13.2 Å². The Morgan fingerprint density at radius 1 is 1.33 bits per heavy atom. The molecular formula is C13H18F3NS. The Morgan fingerprint density at radius 2 is 2.06 bits per heavy atom. The number of rotatable bonds is 3. The van der Waals surface area contributed by atoms with Gasteiger partial charge in [-0.2, -0.15) is 13.2 Å². The molecule has 1 fully saturated rings. The second-order valence-corrected chi connectivity index (χ2v) is 5.86. The van der Waals surface area contributed by atoms with E-state index < -0.39 is 12.1 Å². The van der Waals surface area contributed by atoms with Crippen molar-refractivity contribution in [1.29, 1.82) is 0 Å². The highest BCUT2D eigenvalue weighted by atomic mass is 32.1. The number of nitrogens with one attached hydrogen (secondary N) is 1. The van der Waals surface area contributed by atoms with Crippen molar-refractivity contribution in [2.45, 2.75) is 37.9 Å². The third-order valence-electron chi connectivity index (χ3n) is 3.83. The largest absolute Gasteiger partial charge is 0.392 e. The van der Waals surface area contributed by atoms with E-state index in [0.29, 0.717) is 12.8 Å². The fourth-order valence-electron chi connectivity index (χ4n) is 3.00. The molecule has 2 rings (SSSR count). The summed E-state index contributed by atoms with van der Waals surface area (Å²) in [4.78, 5) is 1.01. The van der Waals surface area contributed by atoms with E-state index in [9.17, 15) is 13.2 Å². The van der Waals surface area contributed by atoms with E-state index >= 15 is 0 Å². The predicted molar refractivity (Wildman–Crippen MR) is 67.6 cm³/mol. The zero-order chi connectivity index (χ0) is 13.2. The Kier molecular flexibility index (Phi) is 4.33.